The maximum absolute atomic E-state index is 14.1. The number of methoxy groups -OCH3 is 1. The molecule has 5 heteroatoms. The molecule has 1 fully saturated rings. The average molecular weight is 371 g/mol. The van der Waals surface area contributed by atoms with Gasteiger partial charge in [0.2, 0.25) is 5.91 Å². The molecule has 1 heterocycles. The van der Waals surface area contributed by atoms with Gasteiger partial charge in [-0.05, 0) is 44.0 Å². The van der Waals surface area contributed by atoms with E-state index in [1.54, 1.807) is 25.3 Å². The Bertz CT molecular complexity index is 806. The molecule has 4 nitrogen and oxygen atoms in total. The maximum atomic E-state index is 14.1. The van der Waals surface area contributed by atoms with Gasteiger partial charge in [0.15, 0.2) is 0 Å². The third kappa shape index (κ3) is 4.48. The summed E-state index contributed by atoms with van der Waals surface area (Å²) in [5, 5.41) is 0. The van der Waals surface area contributed by atoms with Crippen molar-refractivity contribution in [1.29, 1.82) is 0 Å². The molecular formula is C22H26FNO3. The molecule has 0 spiro atoms. The van der Waals surface area contributed by atoms with Crippen LogP contribution in [-0.4, -0.2) is 36.6 Å². The first-order valence-corrected chi connectivity index (χ1v) is 9.20. The van der Waals surface area contributed by atoms with E-state index in [9.17, 15) is 9.18 Å². The van der Waals surface area contributed by atoms with Gasteiger partial charge in [-0.15, -0.1) is 0 Å². The topological polar surface area (TPSA) is 38.8 Å². The number of hydrogen-bond donors (Lipinski definition) is 0. The maximum Gasteiger partial charge on any atom is 0.223 e. The van der Waals surface area contributed by atoms with Gasteiger partial charge in [0.1, 0.15) is 17.7 Å². The quantitative estimate of drug-likeness (QED) is 0.793. The number of nitrogens with zero attached hydrogens (tertiary/aromatic N) is 1. The Balaban J connectivity index is 1.70. The fourth-order valence-corrected chi connectivity index (χ4v) is 3.43. The summed E-state index contributed by atoms with van der Waals surface area (Å²) in [6.45, 7) is 4.68. The average Bonchev–Trinajstić information content (AvgIpc) is 2.67. The molecule has 0 N–H and O–H groups in total. The highest BCUT2D eigenvalue weighted by atomic mass is 19.1. The lowest BCUT2D eigenvalue weighted by Crippen LogP contribution is -2.56. The van der Waals surface area contributed by atoms with Crippen LogP contribution < -0.4 is 4.74 Å². The Labute approximate surface area is 159 Å². The molecule has 0 aromatic heterocycles. The smallest absolute Gasteiger partial charge is 0.223 e. The standard InChI is InChI=1S/C22H26FNO3/c1-22(2)15-27-20(18-9-4-5-10-19(18)23)14-24(22)21(25)12-11-16-7-6-8-17(13-16)26-3/h4-10,13,20H,11-12,14-15H2,1-3H3. The molecule has 1 atom stereocenters. The van der Waals surface area contributed by atoms with Crippen LogP contribution in [0.25, 0.3) is 0 Å². The Morgan fingerprint density at radius 1 is 1.26 bits per heavy atom. The normalized spacial score (nSPS) is 19.0. The second-order valence-corrected chi connectivity index (χ2v) is 7.49. The second kappa shape index (κ2) is 8.09. The molecule has 1 aliphatic heterocycles. The molecular weight excluding hydrogens is 345 g/mol. The van der Waals surface area contributed by atoms with Crippen LogP contribution in [0.1, 0.15) is 37.5 Å². The van der Waals surface area contributed by atoms with Crippen molar-refractivity contribution in [3.63, 3.8) is 0 Å². The molecule has 27 heavy (non-hydrogen) atoms. The van der Waals surface area contributed by atoms with E-state index in [4.69, 9.17) is 9.47 Å². The van der Waals surface area contributed by atoms with E-state index in [0.29, 0.717) is 31.6 Å². The van der Waals surface area contributed by atoms with Crippen LogP contribution in [0.4, 0.5) is 4.39 Å². The molecule has 2 aromatic carbocycles. The van der Waals surface area contributed by atoms with E-state index in [0.717, 1.165) is 11.3 Å². The van der Waals surface area contributed by atoms with E-state index in [2.05, 4.69) is 0 Å². The zero-order chi connectivity index (χ0) is 19.4. The van der Waals surface area contributed by atoms with Crippen molar-refractivity contribution in [2.24, 2.45) is 0 Å². The molecule has 0 bridgehead atoms. The van der Waals surface area contributed by atoms with E-state index in [1.807, 2.05) is 43.0 Å². The van der Waals surface area contributed by atoms with Gasteiger partial charge in [-0.1, -0.05) is 30.3 Å². The lowest BCUT2D eigenvalue weighted by Gasteiger charge is -2.45. The molecule has 0 saturated carbocycles. The van der Waals surface area contributed by atoms with Crippen LogP contribution in [0.3, 0.4) is 0 Å². The van der Waals surface area contributed by atoms with Crippen molar-refractivity contribution in [3.8, 4) is 5.75 Å². The Kier molecular flexibility index (Phi) is 5.80. The highest BCUT2D eigenvalue weighted by Gasteiger charge is 2.38. The Morgan fingerprint density at radius 3 is 2.78 bits per heavy atom. The van der Waals surface area contributed by atoms with Crippen molar-refractivity contribution >= 4 is 5.91 Å². The molecule has 1 aliphatic rings. The van der Waals surface area contributed by atoms with Gasteiger partial charge in [-0.25, -0.2) is 4.39 Å². The number of hydrogen-bond acceptors (Lipinski definition) is 3. The van der Waals surface area contributed by atoms with Gasteiger partial charge in [0, 0.05) is 12.0 Å². The number of amides is 1. The predicted molar refractivity (Wildman–Crippen MR) is 102 cm³/mol. The highest BCUT2D eigenvalue weighted by molar-refractivity contribution is 5.77. The molecule has 144 valence electrons. The van der Waals surface area contributed by atoms with E-state index >= 15 is 0 Å². The summed E-state index contributed by atoms with van der Waals surface area (Å²) in [6, 6.07) is 14.3. The molecule has 1 unspecified atom stereocenters. The van der Waals surface area contributed by atoms with Crippen LogP contribution in [0, 0.1) is 5.82 Å². The van der Waals surface area contributed by atoms with Crippen LogP contribution >= 0.6 is 0 Å². The number of morpholine rings is 1. The molecule has 0 aliphatic carbocycles. The van der Waals surface area contributed by atoms with Gasteiger partial charge in [0.25, 0.3) is 0 Å². The zero-order valence-corrected chi connectivity index (χ0v) is 16.1. The van der Waals surface area contributed by atoms with Gasteiger partial charge in [-0.3, -0.25) is 4.79 Å². The highest BCUT2D eigenvalue weighted by Crippen LogP contribution is 2.32. The third-order valence-electron chi connectivity index (χ3n) is 5.03. The van der Waals surface area contributed by atoms with Gasteiger partial charge >= 0.3 is 0 Å². The van der Waals surface area contributed by atoms with Gasteiger partial charge < -0.3 is 14.4 Å². The van der Waals surface area contributed by atoms with E-state index < -0.39 is 11.6 Å². The minimum absolute atomic E-state index is 0.0486. The van der Waals surface area contributed by atoms with Crippen LogP contribution in [0.2, 0.25) is 0 Å². The molecule has 1 amide bonds. The monoisotopic (exact) mass is 371 g/mol. The Morgan fingerprint density at radius 2 is 2.04 bits per heavy atom. The number of halogens is 1. The molecule has 2 aromatic rings. The van der Waals surface area contributed by atoms with E-state index in [-0.39, 0.29) is 11.7 Å². The number of benzene rings is 2. The second-order valence-electron chi connectivity index (χ2n) is 7.49. The summed E-state index contributed by atoms with van der Waals surface area (Å²) in [5.74, 6) is 0.532. The van der Waals surface area contributed by atoms with Crippen molar-refractivity contribution in [2.75, 3.05) is 20.3 Å². The van der Waals surface area contributed by atoms with Crippen molar-refractivity contribution < 1.29 is 18.7 Å². The summed E-state index contributed by atoms with van der Waals surface area (Å²) >= 11 is 0. The number of rotatable bonds is 5. The molecule has 3 rings (SSSR count). The number of aryl methyl sites for hydroxylation is 1. The summed E-state index contributed by atoms with van der Waals surface area (Å²) in [6.07, 6.45) is 0.578. The van der Waals surface area contributed by atoms with Crippen LogP contribution in [0.15, 0.2) is 48.5 Å². The molecule has 1 saturated heterocycles. The van der Waals surface area contributed by atoms with Crippen LogP contribution in [0.5, 0.6) is 5.75 Å². The van der Waals surface area contributed by atoms with E-state index in [1.165, 1.54) is 6.07 Å². The number of carbonyl (C=O) groups is 1. The van der Waals surface area contributed by atoms with Crippen LogP contribution in [-0.2, 0) is 16.0 Å². The minimum Gasteiger partial charge on any atom is -0.497 e. The number of ether oxygens (including phenoxy) is 2. The first-order chi connectivity index (χ1) is 12.9. The first-order valence-electron chi connectivity index (χ1n) is 9.20. The Hall–Kier alpha value is -2.40. The summed E-state index contributed by atoms with van der Waals surface area (Å²) in [7, 11) is 1.63. The summed E-state index contributed by atoms with van der Waals surface area (Å²) in [5.41, 5.74) is 1.13. The lowest BCUT2D eigenvalue weighted by molar-refractivity contribution is -0.155. The lowest BCUT2D eigenvalue weighted by atomic mass is 9.96. The fourth-order valence-electron chi connectivity index (χ4n) is 3.43. The summed E-state index contributed by atoms with van der Waals surface area (Å²) < 4.78 is 25.3. The van der Waals surface area contributed by atoms with Gasteiger partial charge in [0.05, 0.1) is 25.8 Å². The predicted octanol–water partition coefficient (Wildman–Crippen LogP) is 4.15. The number of carbonyl (C=O) groups excluding carboxylic acids is 1. The largest absolute Gasteiger partial charge is 0.497 e. The SMILES string of the molecule is COc1cccc(CCC(=O)N2CC(c3ccccc3F)OCC2(C)C)c1. The van der Waals surface area contributed by atoms with Crippen molar-refractivity contribution in [2.45, 2.75) is 38.3 Å². The first kappa shape index (κ1) is 19.4. The third-order valence-corrected chi connectivity index (χ3v) is 5.03. The van der Waals surface area contributed by atoms with Crippen molar-refractivity contribution in [1.82, 2.24) is 4.90 Å². The fraction of sp³-hybridized carbons (Fsp3) is 0.409. The zero-order valence-electron chi connectivity index (χ0n) is 16.1. The van der Waals surface area contributed by atoms with Gasteiger partial charge in [-0.2, -0.15) is 0 Å². The van der Waals surface area contributed by atoms with Crippen molar-refractivity contribution in [3.05, 3.63) is 65.5 Å². The minimum atomic E-state index is -0.444. The summed E-state index contributed by atoms with van der Waals surface area (Å²) in [4.78, 5) is 14.8. The molecule has 0 radical (unpaired) electrons.